The third-order valence-corrected chi connectivity index (χ3v) is 3.88. The summed E-state index contributed by atoms with van der Waals surface area (Å²) in [7, 11) is 2.04. The van der Waals surface area contributed by atoms with Crippen molar-refractivity contribution >= 4 is 0 Å². The molecule has 19 heavy (non-hydrogen) atoms. The molecule has 0 saturated heterocycles. The summed E-state index contributed by atoms with van der Waals surface area (Å²) >= 11 is 0. The first-order valence-corrected chi connectivity index (χ1v) is 7.27. The molecule has 106 valence electrons. The average molecular weight is 262 g/mol. The Morgan fingerprint density at radius 3 is 2.63 bits per heavy atom. The molecular weight excluding hydrogens is 236 g/mol. The van der Waals surface area contributed by atoms with E-state index >= 15 is 0 Å². The van der Waals surface area contributed by atoms with Crippen molar-refractivity contribution in [2.45, 2.75) is 33.2 Å². The second kappa shape index (κ2) is 6.40. The highest BCUT2D eigenvalue weighted by atomic mass is 16.5. The van der Waals surface area contributed by atoms with E-state index in [0.717, 1.165) is 32.0 Å². The van der Waals surface area contributed by atoms with E-state index in [0.29, 0.717) is 5.41 Å². The standard InChI is InChI=1S/C16H26N2O/c1-4-19-15-6-5-14(9-13(15)2)10-18-12-16(7-8-16)11-17-3/h5-6,9,17-18H,4,7-8,10-12H2,1-3H3. The van der Waals surface area contributed by atoms with Crippen LogP contribution in [0.25, 0.3) is 0 Å². The van der Waals surface area contributed by atoms with E-state index in [1.807, 2.05) is 14.0 Å². The van der Waals surface area contributed by atoms with Crippen LogP contribution in [0.15, 0.2) is 18.2 Å². The largest absolute Gasteiger partial charge is 0.494 e. The van der Waals surface area contributed by atoms with Crippen molar-refractivity contribution in [2.24, 2.45) is 5.41 Å². The summed E-state index contributed by atoms with van der Waals surface area (Å²) in [6.07, 6.45) is 2.70. The summed E-state index contributed by atoms with van der Waals surface area (Å²) in [6, 6.07) is 6.45. The van der Waals surface area contributed by atoms with Gasteiger partial charge in [0, 0.05) is 19.6 Å². The Hall–Kier alpha value is -1.06. The maximum atomic E-state index is 5.56. The first-order valence-electron chi connectivity index (χ1n) is 7.27. The summed E-state index contributed by atoms with van der Waals surface area (Å²) in [5, 5.41) is 6.88. The lowest BCUT2D eigenvalue weighted by atomic mass is 10.1. The smallest absolute Gasteiger partial charge is 0.122 e. The number of ether oxygens (including phenoxy) is 1. The van der Waals surface area contributed by atoms with Gasteiger partial charge in [-0.2, -0.15) is 0 Å². The molecule has 1 aliphatic rings. The van der Waals surface area contributed by atoms with Crippen LogP contribution in [0.2, 0.25) is 0 Å². The van der Waals surface area contributed by atoms with Gasteiger partial charge >= 0.3 is 0 Å². The number of rotatable bonds is 8. The molecule has 0 atom stereocenters. The third kappa shape index (κ3) is 3.95. The maximum absolute atomic E-state index is 5.56. The molecular formula is C16H26N2O. The second-order valence-electron chi connectivity index (χ2n) is 5.67. The van der Waals surface area contributed by atoms with Crippen LogP contribution in [-0.4, -0.2) is 26.7 Å². The van der Waals surface area contributed by atoms with Gasteiger partial charge in [-0.15, -0.1) is 0 Å². The van der Waals surface area contributed by atoms with Crippen LogP contribution < -0.4 is 15.4 Å². The van der Waals surface area contributed by atoms with E-state index in [4.69, 9.17) is 4.74 Å². The molecule has 0 spiro atoms. The minimum atomic E-state index is 0.523. The molecule has 0 radical (unpaired) electrons. The van der Waals surface area contributed by atoms with Gasteiger partial charge in [-0.1, -0.05) is 12.1 Å². The Kier molecular flexibility index (Phi) is 4.83. The Labute approximate surface area is 116 Å². The molecule has 1 saturated carbocycles. The molecule has 0 aliphatic heterocycles. The number of hydrogen-bond acceptors (Lipinski definition) is 3. The molecule has 1 aliphatic carbocycles. The molecule has 0 unspecified atom stereocenters. The zero-order valence-electron chi connectivity index (χ0n) is 12.4. The predicted molar refractivity (Wildman–Crippen MR) is 79.6 cm³/mol. The fraction of sp³-hybridized carbons (Fsp3) is 0.625. The van der Waals surface area contributed by atoms with Gasteiger partial charge < -0.3 is 15.4 Å². The van der Waals surface area contributed by atoms with Crippen LogP contribution in [-0.2, 0) is 6.54 Å². The highest BCUT2D eigenvalue weighted by Gasteiger charge is 2.41. The molecule has 1 fully saturated rings. The van der Waals surface area contributed by atoms with Crippen molar-refractivity contribution in [3.8, 4) is 5.75 Å². The number of aryl methyl sites for hydroxylation is 1. The van der Waals surface area contributed by atoms with E-state index in [-0.39, 0.29) is 0 Å². The average Bonchev–Trinajstić information content (AvgIpc) is 3.13. The normalized spacial score (nSPS) is 16.4. The lowest BCUT2D eigenvalue weighted by Crippen LogP contribution is -2.31. The van der Waals surface area contributed by atoms with Gasteiger partial charge in [0.05, 0.1) is 6.61 Å². The van der Waals surface area contributed by atoms with Crippen molar-refractivity contribution in [3.05, 3.63) is 29.3 Å². The molecule has 3 nitrogen and oxygen atoms in total. The topological polar surface area (TPSA) is 33.3 Å². The van der Waals surface area contributed by atoms with Gasteiger partial charge in [-0.25, -0.2) is 0 Å². The molecule has 1 aromatic rings. The first-order chi connectivity index (χ1) is 9.19. The molecule has 0 amide bonds. The first kappa shape index (κ1) is 14.4. The van der Waals surface area contributed by atoms with Crippen LogP contribution in [0.5, 0.6) is 5.75 Å². The minimum absolute atomic E-state index is 0.523. The van der Waals surface area contributed by atoms with Crippen molar-refractivity contribution < 1.29 is 4.74 Å². The summed E-state index contributed by atoms with van der Waals surface area (Å²) < 4.78 is 5.56. The summed E-state index contributed by atoms with van der Waals surface area (Å²) in [5.74, 6) is 1.00. The highest BCUT2D eigenvalue weighted by molar-refractivity contribution is 5.36. The lowest BCUT2D eigenvalue weighted by molar-refractivity contribution is 0.337. The quantitative estimate of drug-likeness (QED) is 0.755. The van der Waals surface area contributed by atoms with Gasteiger partial charge in [-0.05, 0) is 56.3 Å². The Balaban J connectivity index is 1.81. The van der Waals surface area contributed by atoms with Crippen LogP contribution in [0, 0.1) is 12.3 Å². The number of nitrogens with one attached hydrogen (secondary N) is 2. The van der Waals surface area contributed by atoms with Crippen LogP contribution in [0.1, 0.15) is 30.9 Å². The van der Waals surface area contributed by atoms with E-state index in [2.05, 4.69) is 35.8 Å². The lowest BCUT2D eigenvalue weighted by Gasteiger charge is -2.16. The van der Waals surface area contributed by atoms with E-state index in [9.17, 15) is 0 Å². The van der Waals surface area contributed by atoms with Crippen molar-refractivity contribution in [1.29, 1.82) is 0 Å². The number of hydrogen-bond donors (Lipinski definition) is 2. The Morgan fingerprint density at radius 1 is 1.26 bits per heavy atom. The number of benzene rings is 1. The maximum Gasteiger partial charge on any atom is 0.122 e. The van der Waals surface area contributed by atoms with Gasteiger partial charge in [0.2, 0.25) is 0 Å². The summed E-state index contributed by atoms with van der Waals surface area (Å²) in [4.78, 5) is 0. The van der Waals surface area contributed by atoms with Crippen molar-refractivity contribution in [2.75, 3.05) is 26.7 Å². The zero-order chi connectivity index (χ0) is 13.7. The summed E-state index contributed by atoms with van der Waals surface area (Å²) in [5.41, 5.74) is 3.08. The van der Waals surface area contributed by atoms with Crippen molar-refractivity contribution in [1.82, 2.24) is 10.6 Å². The fourth-order valence-electron chi connectivity index (χ4n) is 2.58. The second-order valence-corrected chi connectivity index (χ2v) is 5.67. The Bertz CT molecular complexity index is 413. The SMILES string of the molecule is CCOc1ccc(CNCC2(CNC)CC2)cc1C. The molecule has 2 N–H and O–H groups in total. The molecule has 0 bridgehead atoms. The van der Waals surface area contributed by atoms with E-state index in [1.165, 1.54) is 24.0 Å². The molecule has 0 aromatic heterocycles. The monoisotopic (exact) mass is 262 g/mol. The van der Waals surface area contributed by atoms with Crippen LogP contribution in [0.3, 0.4) is 0 Å². The Morgan fingerprint density at radius 2 is 2.05 bits per heavy atom. The van der Waals surface area contributed by atoms with Crippen LogP contribution >= 0.6 is 0 Å². The predicted octanol–water partition coefficient (Wildman–Crippen LogP) is 2.48. The molecule has 3 heteroatoms. The fourth-order valence-corrected chi connectivity index (χ4v) is 2.58. The van der Waals surface area contributed by atoms with Gasteiger partial charge in [0.25, 0.3) is 0 Å². The zero-order valence-corrected chi connectivity index (χ0v) is 12.4. The van der Waals surface area contributed by atoms with E-state index in [1.54, 1.807) is 0 Å². The van der Waals surface area contributed by atoms with Crippen LogP contribution in [0.4, 0.5) is 0 Å². The molecule has 1 aromatic carbocycles. The van der Waals surface area contributed by atoms with E-state index < -0.39 is 0 Å². The van der Waals surface area contributed by atoms with Gasteiger partial charge in [-0.3, -0.25) is 0 Å². The molecule has 0 heterocycles. The van der Waals surface area contributed by atoms with Gasteiger partial charge in [0.15, 0.2) is 0 Å². The highest BCUT2D eigenvalue weighted by Crippen LogP contribution is 2.44. The van der Waals surface area contributed by atoms with Gasteiger partial charge in [0.1, 0.15) is 5.75 Å². The molecule has 2 rings (SSSR count). The third-order valence-electron chi connectivity index (χ3n) is 3.88. The minimum Gasteiger partial charge on any atom is -0.494 e. The van der Waals surface area contributed by atoms with Crippen molar-refractivity contribution in [3.63, 3.8) is 0 Å². The summed E-state index contributed by atoms with van der Waals surface area (Å²) in [6.45, 7) is 8.04.